The van der Waals surface area contributed by atoms with Crippen LogP contribution >= 0.6 is 0 Å². The summed E-state index contributed by atoms with van der Waals surface area (Å²) in [5.41, 5.74) is 0.765. The Kier molecular flexibility index (Phi) is 5.63. The van der Waals surface area contributed by atoms with Crippen molar-refractivity contribution in [3.05, 3.63) is 35.9 Å². The van der Waals surface area contributed by atoms with Crippen molar-refractivity contribution in [1.82, 2.24) is 10.2 Å². The van der Waals surface area contributed by atoms with E-state index in [2.05, 4.69) is 5.32 Å². The van der Waals surface area contributed by atoms with Gasteiger partial charge in [-0.15, -0.1) is 0 Å². The van der Waals surface area contributed by atoms with Gasteiger partial charge in [-0.05, 0) is 57.4 Å². The number of carbonyl (C=O) groups is 2. The van der Waals surface area contributed by atoms with Gasteiger partial charge in [-0.25, -0.2) is 9.59 Å². The van der Waals surface area contributed by atoms with E-state index in [9.17, 15) is 9.59 Å². The van der Waals surface area contributed by atoms with E-state index in [0.29, 0.717) is 19.7 Å². The predicted octanol–water partition coefficient (Wildman–Crippen LogP) is 4.09. The molecule has 1 N–H and O–H groups in total. The van der Waals surface area contributed by atoms with Crippen molar-refractivity contribution in [2.45, 2.75) is 64.7 Å². The maximum atomic E-state index is 12.3. The quantitative estimate of drug-likeness (QED) is 0.865. The second-order valence-electron chi connectivity index (χ2n) is 8.78. The molecule has 2 fully saturated rings. The molecule has 0 unspecified atom stereocenters. The molecule has 0 radical (unpaired) electrons. The number of alkyl carbamates (subject to hydrolysis) is 1. The van der Waals surface area contributed by atoms with Crippen LogP contribution in [0.2, 0.25) is 0 Å². The Labute approximate surface area is 161 Å². The van der Waals surface area contributed by atoms with E-state index < -0.39 is 5.60 Å². The Morgan fingerprint density at radius 1 is 1.15 bits per heavy atom. The predicted molar refractivity (Wildman–Crippen MR) is 102 cm³/mol. The molecule has 3 rings (SSSR count). The third-order valence-electron chi connectivity index (χ3n) is 5.37. The van der Waals surface area contributed by atoms with Crippen molar-refractivity contribution < 1.29 is 19.1 Å². The van der Waals surface area contributed by atoms with E-state index in [1.807, 2.05) is 51.1 Å². The molecule has 1 heterocycles. The lowest BCUT2D eigenvalue weighted by Crippen LogP contribution is -2.56. The molecule has 6 nitrogen and oxygen atoms in total. The summed E-state index contributed by atoms with van der Waals surface area (Å²) in [4.78, 5) is 25.9. The fourth-order valence-electron chi connectivity index (χ4n) is 3.94. The first kappa shape index (κ1) is 19.5. The van der Waals surface area contributed by atoms with Gasteiger partial charge in [0.15, 0.2) is 0 Å². The van der Waals surface area contributed by atoms with E-state index in [1.54, 1.807) is 4.90 Å². The lowest BCUT2D eigenvalue weighted by molar-refractivity contribution is -0.00390. The molecule has 1 aromatic carbocycles. The van der Waals surface area contributed by atoms with Crippen LogP contribution in [0.25, 0.3) is 0 Å². The molecule has 0 aromatic heterocycles. The zero-order chi connectivity index (χ0) is 19.5. The van der Waals surface area contributed by atoms with E-state index in [1.165, 1.54) is 0 Å². The summed E-state index contributed by atoms with van der Waals surface area (Å²) in [5.74, 6) is 0. The molecule has 6 heteroatoms. The van der Waals surface area contributed by atoms with Gasteiger partial charge in [0.1, 0.15) is 12.2 Å². The summed E-state index contributed by atoms with van der Waals surface area (Å²) >= 11 is 0. The zero-order valence-corrected chi connectivity index (χ0v) is 16.5. The molecule has 148 valence electrons. The lowest BCUT2D eigenvalue weighted by atomic mass is 9.60. The molecular weight excluding hydrogens is 344 g/mol. The minimum Gasteiger partial charge on any atom is -0.445 e. The molecule has 1 spiro atoms. The van der Waals surface area contributed by atoms with Crippen molar-refractivity contribution in [3.8, 4) is 0 Å². The van der Waals surface area contributed by atoms with Gasteiger partial charge >= 0.3 is 12.2 Å². The van der Waals surface area contributed by atoms with E-state index in [-0.39, 0.29) is 23.6 Å². The molecule has 0 bridgehead atoms. The summed E-state index contributed by atoms with van der Waals surface area (Å²) < 4.78 is 10.7. The first-order chi connectivity index (χ1) is 12.7. The Balaban J connectivity index is 1.37. The highest BCUT2D eigenvalue weighted by molar-refractivity contribution is 5.68. The van der Waals surface area contributed by atoms with Crippen molar-refractivity contribution in [3.63, 3.8) is 0 Å². The summed E-state index contributed by atoms with van der Waals surface area (Å²) in [6.07, 6.45) is 3.25. The van der Waals surface area contributed by atoms with E-state index >= 15 is 0 Å². The summed E-state index contributed by atoms with van der Waals surface area (Å²) in [6, 6.07) is 9.89. The van der Waals surface area contributed by atoms with E-state index in [4.69, 9.17) is 9.47 Å². The van der Waals surface area contributed by atoms with Crippen LogP contribution in [0.3, 0.4) is 0 Å². The van der Waals surface area contributed by atoms with Gasteiger partial charge in [0.2, 0.25) is 0 Å². The van der Waals surface area contributed by atoms with Crippen molar-refractivity contribution >= 4 is 12.2 Å². The van der Waals surface area contributed by atoms with Crippen molar-refractivity contribution in [1.29, 1.82) is 0 Å². The highest BCUT2D eigenvalue weighted by Crippen LogP contribution is 2.49. The average Bonchev–Trinajstić information content (AvgIpc) is 2.58. The second-order valence-corrected chi connectivity index (χ2v) is 8.78. The number of benzene rings is 1. The maximum absolute atomic E-state index is 12.3. The fraction of sp³-hybridized carbons (Fsp3) is 0.619. The van der Waals surface area contributed by atoms with Crippen LogP contribution in [-0.4, -0.2) is 41.8 Å². The van der Waals surface area contributed by atoms with Crippen LogP contribution in [0.5, 0.6) is 0 Å². The zero-order valence-electron chi connectivity index (χ0n) is 16.5. The molecule has 0 atom stereocenters. The molecule has 1 aliphatic heterocycles. The van der Waals surface area contributed by atoms with Gasteiger partial charge in [0.05, 0.1) is 0 Å². The monoisotopic (exact) mass is 374 g/mol. The Morgan fingerprint density at radius 3 is 2.37 bits per heavy atom. The molecule has 1 saturated carbocycles. The van der Waals surface area contributed by atoms with Gasteiger partial charge in [-0.1, -0.05) is 30.3 Å². The number of hydrogen-bond acceptors (Lipinski definition) is 4. The van der Waals surface area contributed by atoms with Crippen LogP contribution in [0.4, 0.5) is 9.59 Å². The highest BCUT2D eigenvalue weighted by Gasteiger charge is 2.47. The number of rotatable bonds is 3. The van der Waals surface area contributed by atoms with Crippen LogP contribution in [0.1, 0.15) is 52.0 Å². The second kappa shape index (κ2) is 7.79. The Morgan fingerprint density at radius 2 is 1.78 bits per heavy atom. The summed E-state index contributed by atoms with van der Waals surface area (Å²) in [7, 11) is 0. The van der Waals surface area contributed by atoms with Crippen LogP contribution < -0.4 is 5.32 Å². The maximum Gasteiger partial charge on any atom is 0.410 e. The molecule has 27 heavy (non-hydrogen) atoms. The van der Waals surface area contributed by atoms with Crippen LogP contribution in [0.15, 0.2) is 30.3 Å². The third-order valence-corrected chi connectivity index (χ3v) is 5.37. The van der Waals surface area contributed by atoms with Crippen molar-refractivity contribution in [2.75, 3.05) is 13.1 Å². The van der Waals surface area contributed by atoms with Crippen molar-refractivity contribution in [2.24, 2.45) is 5.41 Å². The number of amides is 2. The van der Waals surface area contributed by atoms with Gasteiger partial charge in [0.25, 0.3) is 0 Å². The average molecular weight is 374 g/mol. The SMILES string of the molecule is CC(C)(C)OC(=O)NC1CC2(CCN(C(=O)OCc3ccccc3)CC2)C1. The molecule has 2 amide bonds. The minimum atomic E-state index is -0.475. The van der Waals surface area contributed by atoms with Gasteiger partial charge in [-0.3, -0.25) is 0 Å². The highest BCUT2D eigenvalue weighted by atomic mass is 16.6. The first-order valence-electron chi connectivity index (χ1n) is 9.70. The molecule has 2 aliphatic rings. The van der Waals surface area contributed by atoms with Gasteiger partial charge < -0.3 is 19.7 Å². The number of hydrogen-bond donors (Lipinski definition) is 1. The molecule has 1 saturated heterocycles. The number of ether oxygens (including phenoxy) is 2. The Hall–Kier alpha value is -2.24. The Bertz CT molecular complexity index is 653. The number of carbonyl (C=O) groups excluding carboxylic acids is 2. The number of nitrogens with one attached hydrogen (secondary N) is 1. The van der Waals surface area contributed by atoms with E-state index in [0.717, 1.165) is 31.2 Å². The first-order valence-corrected chi connectivity index (χ1v) is 9.70. The molecular formula is C21H30N2O4. The fourth-order valence-corrected chi connectivity index (χ4v) is 3.94. The minimum absolute atomic E-state index is 0.177. The normalized spacial score (nSPS) is 19.3. The van der Waals surface area contributed by atoms with Gasteiger partial charge in [-0.2, -0.15) is 0 Å². The number of piperidine rings is 1. The molecule has 1 aliphatic carbocycles. The smallest absolute Gasteiger partial charge is 0.410 e. The van der Waals surface area contributed by atoms with Gasteiger partial charge in [0, 0.05) is 19.1 Å². The lowest BCUT2D eigenvalue weighted by Gasteiger charge is -2.52. The number of nitrogens with zero attached hydrogens (tertiary/aromatic N) is 1. The summed E-state index contributed by atoms with van der Waals surface area (Å²) in [6.45, 7) is 7.33. The molecule has 1 aromatic rings. The number of likely N-dealkylation sites (tertiary alicyclic amines) is 1. The van der Waals surface area contributed by atoms with Crippen LogP contribution in [0, 0.1) is 5.41 Å². The topological polar surface area (TPSA) is 67.9 Å². The van der Waals surface area contributed by atoms with Crippen LogP contribution in [-0.2, 0) is 16.1 Å². The summed E-state index contributed by atoms with van der Waals surface area (Å²) in [5, 5.41) is 2.95. The standard InChI is InChI=1S/C21H30N2O4/c1-20(2,3)27-18(24)22-17-13-21(14-17)9-11-23(12-10-21)19(25)26-15-16-7-5-4-6-8-16/h4-8,17H,9-15H2,1-3H3,(H,22,24). The largest absolute Gasteiger partial charge is 0.445 e. The third kappa shape index (κ3) is 5.37.